The Morgan fingerprint density at radius 1 is 1.31 bits per heavy atom. The summed E-state index contributed by atoms with van der Waals surface area (Å²) in [4.78, 5) is 18.8. The summed E-state index contributed by atoms with van der Waals surface area (Å²) in [6, 6.07) is 9.83. The number of hydrogen-bond donors (Lipinski definition) is 1. The van der Waals surface area contributed by atoms with Gasteiger partial charge in [-0.25, -0.2) is 9.37 Å². The van der Waals surface area contributed by atoms with Crippen molar-refractivity contribution in [3.63, 3.8) is 0 Å². The molecule has 26 heavy (non-hydrogen) atoms. The normalized spacial score (nSPS) is 10.8. The fourth-order valence-corrected chi connectivity index (χ4v) is 2.98. The molecule has 134 valence electrons. The van der Waals surface area contributed by atoms with Gasteiger partial charge in [-0.15, -0.1) is 0 Å². The minimum Gasteiger partial charge on any atom is -0.342 e. The molecule has 1 aromatic heterocycles. The van der Waals surface area contributed by atoms with E-state index in [0.29, 0.717) is 28.6 Å². The zero-order chi connectivity index (χ0) is 18.8. The monoisotopic (exact) mass is 371 g/mol. The number of pyridine rings is 1. The number of anilines is 2. The van der Waals surface area contributed by atoms with E-state index in [9.17, 15) is 9.18 Å². The first-order valence-corrected chi connectivity index (χ1v) is 8.66. The molecular formula is C20H19ClFN3O. The Kier molecular flexibility index (Phi) is 5.09. The first-order valence-electron chi connectivity index (χ1n) is 8.28. The van der Waals surface area contributed by atoms with E-state index < -0.39 is 5.82 Å². The molecule has 1 heterocycles. The molecule has 3 aromatic rings. The predicted octanol–water partition coefficient (Wildman–Crippen LogP) is 5.17. The predicted molar refractivity (Wildman–Crippen MR) is 104 cm³/mol. The zero-order valence-electron chi connectivity index (χ0n) is 14.8. The Bertz CT molecular complexity index is 990. The first-order chi connectivity index (χ1) is 12.4. The van der Waals surface area contributed by atoms with Gasteiger partial charge in [0.1, 0.15) is 11.6 Å². The molecule has 1 amide bonds. The van der Waals surface area contributed by atoms with Crippen LogP contribution in [0, 0.1) is 12.7 Å². The molecule has 0 spiro atoms. The van der Waals surface area contributed by atoms with Crippen molar-refractivity contribution in [1.29, 1.82) is 0 Å². The van der Waals surface area contributed by atoms with Gasteiger partial charge in [0.15, 0.2) is 0 Å². The van der Waals surface area contributed by atoms with E-state index >= 15 is 0 Å². The van der Waals surface area contributed by atoms with Crippen LogP contribution in [0.1, 0.15) is 22.8 Å². The first kappa shape index (κ1) is 18.1. The van der Waals surface area contributed by atoms with Gasteiger partial charge in [-0.2, -0.15) is 0 Å². The second kappa shape index (κ2) is 7.30. The molecule has 4 nitrogen and oxygen atoms in total. The topological polar surface area (TPSA) is 45.2 Å². The van der Waals surface area contributed by atoms with Crippen LogP contribution in [0.3, 0.4) is 0 Å². The highest BCUT2D eigenvalue weighted by atomic mass is 35.5. The summed E-state index contributed by atoms with van der Waals surface area (Å²) in [5.41, 5.74) is 1.93. The fraction of sp³-hybridized carbons (Fsp3) is 0.200. The summed E-state index contributed by atoms with van der Waals surface area (Å²) < 4.78 is 13.6. The van der Waals surface area contributed by atoms with E-state index in [-0.39, 0.29) is 5.91 Å². The van der Waals surface area contributed by atoms with Gasteiger partial charge >= 0.3 is 0 Å². The average molecular weight is 372 g/mol. The molecule has 2 aromatic carbocycles. The lowest BCUT2D eigenvalue weighted by molar-refractivity contribution is 0.0804. The van der Waals surface area contributed by atoms with E-state index in [1.165, 1.54) is 18.2 Å². The van der Waals surface area contributed by atoms with E-state index in [1.54, 1.807) is 18.1 Å². The molecule has 0 atom stereocenters. The zero-order valence-corrected chi connectivity index (χ0v) is 15.6. The molecule has 1 N–H and O–H groups in total. The molecule has 0 saturated carbocycles. The second-order valence-corrected chi connectivity index (χ2v) is 6.49. The highest BCUT2D eigenvalue weighted by Crippen LogP contribution is 2.32. The molecule has 6 heteroatoms. The molecule has 0 aliphatic carbocycles. The number of benzene rings is 2. The molecule has 0 bridgehead atoms. The van der Waals surface area contributed by atoms with Crippen molar-refractivity contribution in [2.24, 2.45) is 0 Å². The highest BCUT2D eigenvalue weighted by molar-refractivity contribution is 6.33. The van der Waals surface area contributed by atoms with Crippen molar-refractivity contribution >= 4 is 39.8 Å². The van der Waals surface area contributed by atoms with Gasteiger partial charge in [0.05, 0.1) is 16.3 Å². The summed E-state index contributed by atoms with van der Waals surface area (Å²) in [6.45, 7) is 4.47. The Balaban J connectivity index is 2.16. The maximum atomic E-state index is 13.6. The highest BCUT2D eigenvalue weighted by Gasteiger charge is 2.18. The Labute approximate surface area is 156 Å². The lowest BCUT2D eigenvalue weighted by atomic mass is 10.0. The molecular weight excluding hydrogens is 353 g/mol. The summed E-state index contributed by atoms with van der Waals surface area (Å²) >= 11 is 6.15. The molecule has 0 unspecified atom stereocenters. The van der Waals surface area contributed by atoms with Gasteiger partial charge in [0, 0.05) is 30.6 Å². The molecule has 0 fully saturated rings. The van der Waals surface area contributed by atoms with Crippen molar-refractivity contribution < 1.29 is 9.18 Å². The van der Waals surface area contributed by atoms with E-state index in [1.807, 2.05) is 32.0 Å². The third kappa shape index (κ3) is 3.35. The van der Waals surface area contributed by atoms with Crippen LogP contribution in [-0.2, 0) is 0 Å². The van der Waals surface area contributed by atoms with Crippen LogP contribution in [0.15, 0.2) is 42.6 Å². The van der Waals surface area contributed by atoms with Gasteiger partial charge in [-0.05, 0) is 37.6 Å². The van der Waals surface area contributed by atoms with Crippen LogP contribution in [0.2, 0.25) is 5.02 Å². The number of amides is 1. The Morgan fingerprint density at radius 3 is 2.81 bits per heavy atom. The van der Waals surface area contributed by atoms with Gasteiger partial charge < -0.3 is 10.2 Å². The number of rotatable bonds is 4. The Hall–Kier alpha value is -2.66. The number of halogens is 2. The second-order valence-electron chi connectivity index (χ2n) is 6.09. The number of fused-ring (bicyclic) bond motifs is 1. The van der Waals surface area contributed by atoms with Crippen molar-refractivity contribution in [3.8, 4) is 0 Å². The van der Waals surface area contributed by atoms with Crippen LogP contribution in [0.4, 0.5) is 15.9 Å². The minimum absolute atomic E-state index is 0.0883. The van der Waals surface area contributed by atoms with Gasteiger partial charge in [0.2, 0.25) is 0 Å². The van der Waals surface area contributed by atoms with Crippen LogP contribution < -0.4 is 5.32 Å². The van der Waals surface area contributed by atoms with E-state index in [0.717, 1.165) is 16.3 Å². The van der Waals surface area contributed by atoms with Crippen LogP contribution in [0.5, 0.6) is 0 Å². The van der Waals surface area contributed by atoms with Gasteiger partial charge in [-0.3, -0.25) is 4.79 Å². The lowest BCUT2D eigenvalue weighted by Gasteiger charge is -2.18. The number of aryl methyl sites for hydroxylation is 1. The summed E-state index contributed by atoms with van der Waals surface area (Å²) in [5.74, 6) is 0.0373. The fourth-order valence-electron chi connectivity index (χ4n) is 2.82. The van der Waals surface area contributed by atoms with Crippen molar-refractivity contribution in [3.05, 3.63) is 64.6 Å². The van der Waals surface area contributed by atoms with Crippen LogP contribution >= 0.6 is 11.6 Å². The number of nitrogens with zero attached hydrogens (tertiary/aromatic N) is 2. The van der Waals surface area contributed by atoms with E-state index in [4.69, 9.17) is 11.6 Å². The van der Waals surface area contributed by atoms with E-state index in [2.05, 4.69) is 10.3 Å². The number of hydrogen-bond acceptors (Lipinski definition) is 3. The summed E-state index contributed by atoms with van der Waals surface area (Å²) in [5, 5.41) is 5.07. The Morgan fingerprint density at radius 2 is 2.08 bits per heavy atom. The van der Waals surface area contributed by atoms with Gasteiger partial charge in [-0.1, -0.05) is 29.8 Å². The molecule has 0 saturated heterocycles. The van der Waals surface area contributed by atoms with Crippen molar-refractivity contribution in [2.45, 2.75) is 13.8 Å². The number of nitrogens with one attached hydrogen (secondary N) is 1. The maximum Gasteiger partial charge on any atom is 0.255 e. The number of aromatic nitrogens is 1. The molecule has 3 rings (SSSR count). The van der Waals surface area contributed by atoms with Gasteiger partial charge in [0.25, 0.3) is 5.91 Å². The number of carbonyl (C=O) groups excluding carboxylic acids is 1. The van der Waals surface area contributed by atoms with Crippen molar-refractivity contribution in [2.75, 3.05) is 18.9 Å². The smallest absolute Gasteiger partial charge is 0.255 e. The quantitative estimate of drug-likeness (QED) is 0.688. The SMILES string of the molecule is CCN(C)C(=O)c1cnc(Nc2cc(F)ccc2Cl)c2cccc(C)c12. The largest absolute Gasteiger partial charge is 0.342 e. The van der Waals surface area contributed by atoms with Crippen LogP contribution in [-0.4, -0.2) is 29.4 Å². The standard InChI is InChI=1S/C20H19ClFN3O/c1-4-25(3)20(26)15-11-23-19(14-7-5-6-12(2)18(14)15)24-17-10-13(22)8-9-16(17)21/h5-11H,4H2,1-3H3,(H,23,24). The van der Waals surface area contributed by atoms with Crippen LogP contribution in [0.25, 0.3) is 10.8 Å². The summed E-state index contributed by atoms with van der Waals surface area (Å²) in [7, 11) is 1.76. The maximum absolute atomic E-state index is 13.6. The molecule has 0 radical (unpaired) electrons. The molecule has 0 aliphatic heterocycles. The molecule has 0 aliphatic rings. The van der Waals surface area contributed by atoms with Crippen molar-refractivity contribution in [1.82, 2.24) is 9.88 Å². The minimum atomic E-state index is -0.395. The third-order valence-corrected chi connectivity index (χ3v) is 4.68. The summed E-state index contributed by atoms with van der Waals surface area (Å²) in [6.07, 6.45) is 1.55. The lowest BCUT2D eigenvalue weighted by Crippen LogP contribution is -2.26. The number of carbonyl (C=O) groups is 1. The average Bonchev–Trinajstić information content (AvgIpc) is 2.64. The third-order valence-electron chi connectivity index (χ3n) is 4.35.